The van der Waals surface area contributed by atoms with Gasteiger partial charge in [-0.25, -0.2) is 4.79 Å². The Morgan fingerprint density at radius 3 is 2.50 bits per heavy atom. The number of hydrazone groups is 1. The van der Waals surface area contributed by atoms with Crippen LogP contribution in [0.5, 0.6) is 0 Å². The molecule has 144 valence electrons. The molecule has 1 aliphatic rings. The molecule has 2 aromatic carbocycles. The number of carbonyl (C=O) groups excluding carboxylic acids is 1. The predicted octanol–water partition coefficient (Wildman–Crippen LogP) is 4.23. The van der Waals surface area contributed by atoms with E-state index in [2.05, 4.69) is 10.5 Å². The van der Waals surface area contributed by atoms with Crippen LogP contribution in [-0.2, 0) is 9.53 Å². The lowest BCUT2D eigenvalue weighted by atomic mass is 10.1. The summed E-state index contributed by atoms with van der Waals surface area (Å²) in [6.45, 7) is 1.94. The zero-order valence-electron chi connectivity index (χ0n) is 15.4. The lowest BCUT2D eigenvalue weighted by molar-refractivity contribution is -0.137. The molecule has 2 aromatic rings. The van der Waals surface area contributed by atoms with Crippen LogP contribution < -0.4 is 10.3 Å². The molecule has 6 nitrogen and oxygen atoms in total. The summed E-state index contributed by atoms with van der Waals surface area (Å²) in [7, 11) is 0. The van der Waals surface area contributed by atoms with Crippen LogP contribution in [0, 0.1) is 5.41 Å². The molecule has 2 N–H and O–H groups in total. The average Bonchev–Trinajstić information content (AvgIpc) is 2.85. The smallest absolute Gasteiger partial charge is 0.344 e. The van der Waals surface area contributed by atoms with Gasteiger partial charge in [0.25, 0.3) is 0 Å². The fraction of sp³-hybridized carbons (Fsp3) is 0.150. The van der Waals surface area contributed by atoms with Crippen molar-refractivity contribution in [2.45, 2.75) is 6.92 Å². The molecule has 0 radical (unpaired) electrons. The van der Waals surface area contributed by atoms with E-state index in [1.165, 1.54) is 11.8 Å². The van der Waals surface area contributed by atoms with Crippen LogP contribution in [-0.4, -0.2) is 30.5 Å². The Labute approximate surface area is 172 Å². The quantitative estimate of drug-likeness (QED) is 0.716. The molecule has 0 spiro atoms. The average molecular weight is 415 g/mol. The van der Waals surface area contributed by atoms with Gasteiger partial charge in [0.1, 0.15) is 16.4 Å². The summed E-state index contributed by atoms with van der Waals surface area (Å²) < 4.78 is 5.19. The number of nitrogens with one attached hydrogen (secondary N) is 2. The minimum absolute atomic E-state index is 0.0299. The van der Waals surface area contributed by atoms with Crippen LogP contribution in [0.3, 0.4) is 0 Å². The number of nitrogens with zero attached hydrogens (tertiary/aromatic N) is 2. The van der Waals surface area contributed by atoms with Crippen molar-refractivity contribution in [1.82, 2.24) is 5.43 Å². The van der Waals surface area contributed by atoms with Crippen LogP contribution >= 0.6 is 23.4 Å². The van der Waals surface area contributed by atoms with Crippen LogP contribution in [0.1, 0.15) is 12.5 Å². The molecule has 8 heteroatoms. The second-order valence-corrected chi connectivity index (χ2v) is 6.96. The first kappa shape index (κ1) is 20.0. The van der Waals surface area contributed by atoms with Gasteiger partial charge in [0.05, 0.1) is 6.61 Å². The molecule has 0 saturated carbocycles. The summed E-state index contributed by atoms with van der Waals surface area (Å²) in [5.74, 6) is -0.121. The maximum atomic E-state index is 12.6. The van der Waals surface area contributed by atoms with Gasteiger partial charge in [-0.1, -0.05) is 41.9 Å². The van der Waals surface area contributed by atoms with Crippen molar-refractivity contribution in [2.75, 3.05) is 17.8 Å². The van der Waals surface area contributed by atoms with E-state index in [-0.39, 0.29) is 18.0 Å². The molecule has 0 saturated heterocycles. The van der Waals surface area contributed by atoms with E-state index >= 15 is 0 Å². The SMILES string of the molecule is CCOC(=O)C1=C(SC)NN=C(c2ccccc2)N(c2ccc(Cl)cc2)C1=N. The topological polar surface area (TPSA) is 77.8 Å². The summed E-state index contributed by atoms with van der Waals surface area (Å²) in [4.78, 5) is 14.2. The van der Waals surface area contributed by atoms with Gasteiger partial charge < -0.3 is 4.74 Å². The number of thioether (sulfide) groups is 1. The highest BCUT2D eigenvalue weighted by Crippen LogP contribution is 2.28. The second-order valence-electron chi connectivity index (χ2n) is 5.70. The maximum Gasteiger partial charge on any atom is 0.344 e. The summed E-state index contributed by atoms with van der Waals surface area (Å²) in [5.41, 5.74) is 4.50. The first-order valence-electron chi connectivity index (χ1n) is 8.56. The molecule has 1 aliphatic heterocycles. The highest BCUT2D eigenvalue weighted by atomic mass is 35.5. The highest BCUT2D eigenvalue weighted by Gasteiger charge is 2.32. The molecule has 3 rings (SSSR count). The number of halogens is 1. The van der Waals surface area contributed by atoms with Crippen molar-refractivity contribution in [1.29, 1.82) is 5.41 Å². The lowest BCUT2D eigenvalue weighted by Crippen LogP contribution is -2.39. The monoisotopic (exact) mass is 414 g/mol. The molecular weight excluding hydrogens is 396 g/mol. The van der Waals surface area contributed by atoms with E-state index in [4.69, 9.17) is 21.7 Å². The number of rotatable bonds is 5. The Morgan fingerprint density at radius 2 is 1.89 bits per heavy atom. The molecule has 1 heterocycles. The van der Waals surface area contributed by atoms with Gasteiger partial charge in [0.15, 0.2) is 5.84 Å². The normalized spacial score (nSPS) is 14.3. The Kier molecular flexibility index (Phi) is 6.38. The third-order valence-corrected chi connectivity index (χ3v) is 4.92. The highest BCUT2D eigenvalue weighted by molar-refractivity contribution is 8.02. The molecule has 0 fully saturated rings. The largest absolute Gasteiger partial charge is 0.462 e. The van der Waals surface area contributed by atoms with E-state index in [1.807, 2.05) is 36.6 Å². The molecule has 0 bridgehead atoms. The Balaban J connectivity index is 2.17. The minimum Gasteiger partial charge on any atom is -0.462 e. The van der Waals surface area contributed by atoms with Gasteiger partial charge in [-0.2, -0.15) is 5.10 Å². The Bertz CT molecular complexity index is 942. The lowest BCUT2D eigenvalue weighted by Gasteiger charge is -2.25. The van der Waals surface area contributed by atoms with Crippen molar-refractivity contribution in [2.24, 2.45) is 5.10 Å². The predicted molar refractivity (Wildman–Crippen MR) is 115 cm³/mol. The number of amidine groups is 2. The van der Waals surface area contributed by atoms with E-state index in [9.17, 15) is 4.79 Å². The van der Waals surface area contributed by atoms with Gasteiger partial charge in [-0.15, -0.1) is 11.8 Å². The molecule has 0 amide bonds. The van der Waals surface area contributed by atoms with Crippen molar-refractivity contribution < 1.29 is 9.53 Å². The van der Waals surface area contributed by atoms with E-state index in [0.29, 0.717) is 21.6 Å². The van der Waals surface area contributed by atoms with E-state index < -0.39 is 5.97 Å². The Morgan fingerprint density at radius 1 is 1.21 bits per heavy atom. The third-order valence-electron chi connectivity index (χ3n) is 3.96. The molecule has 0 unspecified atom stereocenters. The third kappa shape index (κ3) is 4.05. The number of benzene rings is 2. The van der Waals surface area contributed by atoms with Crippen LogP contribution in [0.4, 0.5) is 5.69 Å². The molecule has 0 atom stereocenters. The minimum atomic E-state index is -0.576. The fourth-order valence-corrected chi connectivity index (χ4v) is 3.34. The first-order chi connectivity index (χ1) is 13.6. The van der Waals surface area contributed by atoms with Crippen molar-refractivity contribution in [3.05, 3.63) is 75.8 Å². The van der Waals surface area contributed by atoms with Gasteiger partial charge >= 0.3 is 5.97 Å². The van der Waals surface area contributed by atoms with Crippen LogP contribution in [0.25, 0.3) is 0 Å². The number of ether oxygens (including phenoxy) is 1. The van der Waals surface area contributed by atoms with Gasteiger partial charge in [0, 0.05) is 16.3 Å². The van der Waals surface area contributed by atoms with Crippen molar-refractivity contribution >= 4 is 46.7 Å². The van der Waals surface area contributed by atoms with Crippen molar-refractivity contribution in [3.8, 4) is 0 Å². The summed E-state index contributed by atoms with van der Waals surface area (Å²) in [5, 5.41) is 14.4. The van der Waals surface area contributed by atoms with Gasteiger partial charge in [-0.05, 0) is 37.4 Å². The van der Waals surface area contributed by atoms with E-state index in [1.54, 1.807) is 36.1 Å². The van der Waals surface area contributed by atoms with Gasteiger partial charge in [0.2, 0.25) is 0 Å². The summed E-state index contributed by atoms with van der Waals surface area (Å²) >= 11 is 7.33. The second kappa shape index (κ2) is 8.95. The first-order valence-corrected chi connectivity index (χ1v) is 10.2. The number of anilines is 1. The molecule has 28 heavy (non-hydrogen) atoms. The number of hydrogen-bond donors (Lipinski definition) is 2. The molecule has 0 aromatic heterocycles. The number of esters is 1. The van der Waals surface area contributed by atoms with Crippen LogP contribution in [0.15, 0.2) is 70.3 Å². The zero-order valence-corrected chi connectivity index (χ0v) is 17.0. The fourth-order valence-electron chi connectivity index (χ4n) is 2.70. The standard InChI is InChI=1S/C20H19ClN4O2S/c1-3-27-20(26)16-17(22)25(15-11-9-14(21)10-12-15)18(23-24-19(16)28-2)13-7-5-4-6-8-13/h4-12,22,24H,3H2,1-2H3. The number of carbonyl (C=O) groups is 1. The van der Waals surface area contributed by atoms with Crippen LogP contribution in [0.2, 0.25) is 5.02 Å². The Hall–Kier alpha value is -2.77. The van der Waals surface area contributed by atoms with Gasteiger partial charge in [-0.3, -0.25) is 15.7 Å². The maximum absolute atomic E-state index is 12.6. The summed E-state index contributed by atoms with van der Waals surface area (Å²) in [6.07, 6.45) is 1.81. The summed E-state index contributed by atoms with van der Waals surface area (Å²) in [6, 6.07) is 16.5. The van der Waals surface area contributed by atoms with Crippen molar-refractivity contribution in [3.63, 3.8) is 0 Å². The molecule has 0 aliphatic carbocycles. The molecular formula is C20H19ClN4O2S. The number of hydrogen-bond acceptors (Lipinski definition) is 6. The van der Waals surface area contributed by atoms with E-state index in [0.717, 1.165) is 5.56 Å². The zero-order chi connectivity index (χ0) is 20.1.